The minimum atomic E-state index is -0.332. The summed E-state index contributed by atoms with van der Waals surface area (Å²) in [6.45, 7) is 1.85. The molecule has 0 N–H and O–H groups in total. The standard InChI is InChI=1S/C16H14ClN3O3S/c1-10-13(6-7-23-10)15-18-19-16(24-9-14(21)22-2)20(15)12-5-3-4-11(17)8-12/h3-8H,9H2,1-2H3. The number of aryl methyl sites for hydroxylation is 1. The first-order valence-corrected chi connectivity index (χ1v) is 8.42. The van der Waals surface area contributed by atoms with E-state index in [9.17, 15) is 4.79 Å². The van der Waals surface area contributed by atoms with E-state index in [0.717, 1.165) is 17.0 Å². The highest BCUT2D eigenvalue weighted by Gasteiger charge is 2.19. The van der Waals surface area contributed by atoms with Crippen LogP contribution >= 0.6 is 23.4 Å². The lowest BCUT2D eigenvalue weighted by Gasteiger charge is -2.10. The van der Waals surface area contributed by atoms with Gasteiger partial charge in [0.25, 0.3) is 0 Å². The molecule has 24 heavy (non-hydrogen) atoms. The summed E-state index contributed by atoms with van der Waals surface area (Å²) in [7, 11) is 1.35. The molecule has 3 rings (SSSR count). The molecule has 0 spiro atoms. The predicted octanol–water partition coefficient (Wildman–Crippen LogP) is 3.75. The third kappa shape index (κ3) is 3.32. The van der Waals surface area contributed by atoms with Crippen molar-refractivity contribution in [3.05, 3.63) is 47.4 Å². The van der Waals surface area contributed by atoms with Gasteiger partial charge in [-0.15, -0.1) is 10.2 Å². The highest BCUT2D eigenvalue weighted by atomic mass is 35.5. The summed E-state index contributed by atoms with van der Waals surface area (Å²) >= 11 is 7.36. The van der Waals surface area contributed by atoms with E-state index < -0.39 is 0 Å². The second-order valence-electron chi connectivity index (χ2n) is 4.88. The fourth-order valence-corrected chi connectivity index (χ4v) is 3.15. The molecule has 0 amide bonds. The van der Waals surface area contributed by atoms with Gasteiger partial charge in [0.15, 0.2) is 11.0 Å². The van der Waals surface area contributed by atoms with Crippen LogP contribution in [0, 0.1) is 6.92 Å². The van der Waals surface area contributed by atoms with Gasteiger partial charge in [-0.05, 0) is 31.2 Å². The SMILES string of the molecule is COC(=O)CSc1nnc(-c2ccoc2C)n1-c1cccc(Cl)c1. The van der Waals surface area contributed by atoms with Gasteiger partial charge < -0.3 is 9.15 Å². The molecule has 3 aromatic rings. The van der Waals surface area contributed by atoms with Crippen LogP contribution < -0.4 is 0 Å². The number of hydrogen-bond acceptors (Lipinski definition) is 6. The molecule has 0 atom stereocenters. The molecule has 124 valence electrons. The number of methoxy groups -OCH3 is 1. The molecule has 0 aliphatic carbocycles. The Balaban J connectivity index is 2.09. The molecular formula is C16H14ClN3O3S. The maximum Gasteiger partial charge on any atom is 0.316 e. The second kappa shape index (κ2) is 7.11. The number of aromatic nitrogens is 3. The topological polar surface area (TPSA) is 70.2 Å². The zero-order valence-electron chi connectivity index (χ0n) is 13.0. The van der Waals surface area contributed by atoms with Crippen LogP contribution in [0.4, 0.5) is 0 Å². The smallest absolute Gasteiger partial charge is 0.316 e. The summed E-state index contributed by atoms with van der Waals surface area (Å²) in [5, 5.41) is 9.64. The average Bonchev–Trinajstić information content (AvgIpc) is 3.18. The molecule has 0 saturated heterocycles. The summed E-state index contributed by atoms with van der Waals surface area (Å²) in [5.74, 6) is 1.16. The third-order valence-corrected chi connectivity index (χ3v) is 4.48. The molecular weight excluding hydrogens is 350 g/mol. The normalized spacial score (nSPS) is 10.8. The van der Waals surface area contributed by atoms with Crippen LogP contribution in [0.25, 0.3) is 17.1 Å². The Morgan fingerprint density at radius 1 is 1.38 bits per heavy atom. The monoisotopic (exact) mass is 363 g/mol. The van der Waals surface area contributed by atoms with Gasteiger partial charge >= 0.3 is 5.97 Å². The molecule has 2 aromatic heterocycles. The third-order valence-electron chi connectivity index (χ3n) is 3.35. The first kappa shape index (κ1) is 16.6. The lowest BCUT2D eigenvalue weighted by Crippen LogP contribution is -2.05. The van der Waals surface area contributed by atoms with Crippen molar-refractivity contribution in [1.29, 1.82) is 0 Å². The number of esters is 1. The second-order valence-corrected chi connectivity index (χ2v) is 6.26. The van der Waals surface area contributed by atoms with E-state index in [0.29, 0.717) is 16.0 Å². The molecule has 2 heterocycles. The minimum absolute atomic E-state index is 0.138. The van der Waals surface area contributed by atoms with Gasteiger partial charge in [-0.2, -0.15) is 0 Å². The van der Waals surface area contributed by atoms with Crippen LogP contribution in [0.2, 0.25) is 5.02 Å². The van der Waals surface area contributed by atoms with Crippen molar-refractivity contribution < 1.29 is 13.9 Å². The lowest BCUT2D eigenvalue weighted by atomic mass is 10.2. The van der Waals surface area contributed by atoms with Crippen molar-refractivity contribution >= 4 is 29.3 Å². The van der Waals surface area contributed by atoms with Gasteiger partial charge in [-0.1, -0.05) is 29.4 Å². The van der Waals surface area contributed by atoms with Crippen molar-refractivity contribution in [2.24, 2.45) is 0 Å². The Morgan fingerprint density at radius 2 is 2.21 bits per heavy atom. The molecule has 0 bridgehead atoms. The van der Waals surface area contributed by atoms with Crippen LogP contribution in [0.5, 0.6) is 0 Å². The van der Waals surface area contributed by atoms with Crippen LogP contribution in [0.15, 0.2) is 46.2 Å². The van der Waals surface area contributed by atoms with Crippen molar-refractivity contribution in [3.8, 4) is 17.1 Å². The van der Waals surface area contributed by atoms with Crippen LogP contribution in [-0.2, 0) is 9.53 Å². The van der Waals surface area contributed by atoms with Gasteiger partial charge in [0.2, 0.25) is 0 Å². The van der Waals surface area contributed by atoms with Crippen LogP contribution in [0.1, 0.15) is 5.76 Å². The zero-order chi connectivity index (χ0) is 17.1. The Hall–Kier alpha value is -2.25. The average molecular weight is 364 g/mol. The molecule has 8 heteroatoms. The molecule has 1 aromatic carbocycles. The van der Waals surface area contributed by atoms with Gasteiger partial charge in [0, 0.05) is 5.02 Å². The van der Waals surface area contributed by atoms with E-state index in [1.165, 1.54) is 18.9 Å². The van der Waals surface area contributed by atoms with E-state index in [1.54, 1.807) is 12.3 Å². The summed E-state index contributed by atoms with van der Waals surface area (Å²) in [6, 6.07) is 9.18. The van der Waals surface area contributed by atoms with Gasteiger partial charge in [0.1, 0.15) is 5.76 Å². The minimum Gasteiger partial charge on any atom is -0.469 e. The van der Waals surface area contributed by atoms with Gasteiger partial charge in [0.05, 0.1) is 30.4 Å². The molecule has 0 saturated carbocycles. The molecule has 0 unspecified atom stereocenters. The number of thioether (sulfide) groups is 1. The summed E-state index contributed by atoms with van der Waals surface area (Å²) < 4.78 is 11.9. The maximum atomic E-state index is 11.4. The van der Waals surface area contributed by atoms with E-state index in [1.807, 2.05) is 35.8 Å². The number of carbonyl (C=O) groups excluding carboxylic acids is 1. The van der Waals surface area contributed by atoms with Crippen molar-refractivity contribution in [1.82, 2.24) is 14.8 Å². The first-order chi connectivity index (χ1) is 11.6. The maximum absolute atomic E-state index is 11.4. The van der Waals surface area contributed by atoms with Crippen LogP contribution in [-0.4, -0.2) is 33.6 Å². The number of rotatable bonds is 5. The lowest BCUT2D eigenvalue weighted by molar-refractivity contribution is -0.137. The van der Waals surface area contributed by atoms with Gasteiger partial charge in [-0.3, -0.25) is 9.36 Å². The van der Waals surface area contributed by atoms with E-state index in [4.69, 9.17) is 16.0 Å². The number of halogens is 1. The number of carbonyl (C=O) groups is 1. The molecule has 0 aliphatic rings. The molecule has 0 radical (unpaired) electrons. The quantitative estimate of drug-likeness (QED) is 0.508. The fourth-order valence-electron chi connectivity index (χ4n) is 2.19. The number of nitrogens with zero attached hydrogens (tertiary/aromatic N) is 3. The Kier molecular flexibility index (Phi) is 4.92. The fraction of sp³-hybridized carbons (Fsp3) is 0.188. The van der Waals surface area contributed by atoms with E-state index in [-0.39, 0.29) is 11.7 Å². The van der Waals surface area contributed by atoms with Gasteiger partial charge in [-0.25, -0.2) is 0 Å². The largest absolute Gasteiger partial charge is 0.469 e. The summed E-state index contributed by atoms with van der Waals surface area (Å²) in [6.07, 6.45) is 1.60. The van der Waals surface area contributed by atoms with Crippen molar-refractivity contribution in [2.75, 3.05) is 12.9 Å². The Morgan fingerprint density at radius 3 is 2.88 bits per heavy atom. The first-order valence-electron chi connectivity index (χ1n) is 7.05. The zero-order valence-corrected chi connectivity index (χ0v) is 14.6. The van der Waals surface area contributed by atoms with Crippen LogP contribution in [0.3, 0.4) is 0 Å². The predicted molar refractivity (Wildman–Crippen MR) is 91.5 cm³/mol. The molecule has 0 aliphatic heterocycles. The number of hydrogen-bond donors (Lipinski definition) is 0. The molecule has 0 fully saturated rings. The Bertz CT molecular complexity index is 875. The highest BCUT2D eigenvalue weighted by Crippen LogP contribution is 2.31. The van der Waals surface area contributed by atoms with E-state index >= 15 is 0 Å². The number of furan rings is 1. The van der Waals surface area contributed by atoms with E-state index in [2.05, 4.69) is 14.9 Å². The Labute approximate surface area is 147 Å². The number of benzene rings is 1. The highest BCUT2D eigenvalue weighted by molar-refractivity contribution is 7.99. The summed E-state index contributed by atoms with van der Waals surface area (Å²) in [4.78, 5) is 11.4. The number of ether oxygens (including phenoxy) is 1. The van der Waals surface area contributed by atoms with Crippen molar-refractivity contribution in [3.63, 3.8) is 0 Å². The summed E-state index contributed by atoms with van der Waals surface area (Å²) in [5.41, 5.74) is 1.63. The molecule has 6 nitrogen and oxygen atoms in total. The van der Waals surface area contributed by atoms with Crippen molar-refractivity contribution in [2.45, 2.75) is 12.1 Å².